The molecule has 3 rings (SSSR count). The van der Waals surface area contributed by atoms with Gasteiger partial charge in [0.1, 0.15) is 0 Å². The maximum absolute atomic E-state index is 12.0. The van der Waals surface area contributed by atoms with Gasteiger partial charge in [-0.1, -0.05) is 36.4 Å². The Hall–Kier alpha value is -2.40. The number of aromatic nitrogens is 1. The van der Waals surface area contributed by atoms with Crippen LogP contribution in [0.4, 0.5) is 4.79 Å². The second-order valence-corrected chi connectivity index (χ2v) is 6.22. The lowest BCUT2D eigenvalue weighted by Gasteiger charge is -2.32. The van der Waals surface area contributed by atoms with E-state index in [0.717, 1.165) is 38.0 Å². The van der Waals surface area contributed by atoms with Crippen LogP contribution in [0.3, 0.4) is 0 Å². The number of carbonyl (C=O) groups excluding carboxylic acids is 1. The van der Waals surface area contributed by atoms with E-state index in [2.05, 4.69) is 44.8 Å². The van der Waals surface area contributed by atoms with Crippen molar-refractivity contribution in [3.8, 4) is 0 Å². The summed E-state index contributed by atoms with van der Waals surface area (Å²) in [5, 5.41) is 5.97. The Labute approximate surface area is 143 Å². The van der Waals surface area contributed by atoms with Gasteiger partial charge >= 0.3 is 6.03 Å². The molecular formula is C19H24N4O. The minimum Gasteiger partial charge on any atom is -0.335 e. The molecule has 2 heterocycles. The van der Waals surface area contributed by atoms with E-state index in [1.807, 2.05) is 18.2 Å². The quantitative estimate of drug-likeness (QED) is 0.889. The first kappa shape index (κ1) is 16.5. The molecule has 2 N–H and O–H groups in total. The van der Waals surface area contributed by atoms with Gasteiger partial charge in [-0.25, -0.2) is 4.79 Å². The predicted molar refractivity (Wildman–Crippen MR) is 94.3 cm³/mol. The number of carbonyl (C=O) groups is 1. The van der Waals surface area contributed by atoms with Crippen molar-refractivity contribution in [3.63, 3.8) is 0 Å². The summed E-state index contributed by atoms with van der Waals surface area (Å²) in [6, 6.07) is 14.5. The Morgan fingerprint density at radius 1 is 1.08 bits per heavy atom. The van der Waals surface area contributed by atoms with Crippen molar-refractivity contribution in [1.82, 2.24) is 20.5 Å². The van der Waals surface area contributed by atoms with Gasteiger partial charge in [0.2, 0.25) is 0 Å². The number of piperidine rings is 1. The van der Waals surface area contributed by atoms with Crippen molar-refractivity contribution in [2.45, 2.75) is 32.0 Å². The highest BCUT2D eigenvalue weighted by molar-refractivity contribution is 5.74. The molecular weight excluding hydrogens is 300 g/mol. The topological polar surface area (TPSA) is 57.3 Å². The highest BCUT2D eigenvalue weighted by atomic mass is 16.2. The largest absolute Gasteiger partial charge is 0.335 e. The van der Waals surface area contributed by atoms with Crippen LogP contribution in [0.15, 0.2) is 54.9 Å². The van der Waals surface area contributed by atoms with E-state index in [9.17, 15) is 4.79 Å². The van der Waals surface area contributed by atoms with Gasteiger partial charge in [0.15, 0.2) is 0 Å². The second kappa shape index (κ2) is 8.45. The average Bonchev–Trinajstić information content (AvgIpc) is 2.63. The first-order valence-electron chi connectivity index (χ1n) is 8.49. The van der Waals surface area contributed by atoms with Crippen LogP contribution < -0.4 is 10.6 Å². The minimum absolute atomic E-state index is 0.0969. The number of pyridine rings is 1. The van der Waals surface area contributed by atoms with Gasteiger partial charge in [-0.2, -0.15) is 0 Å². The zero-order valence-corrected chi connectivity index (χ0v) is 13.8. The summed E-state index contributed by atoms with van der Waals surface area (Å²) >= 11 is 0. The minimum atomic E-state index is -0.0969. The Balaban J connectivity index is 1.36. The first-order valence-corrected chi connectivity index (χ1v) is 8.49. The molecule has 1 aliphatic rings. The van der Waals surface area contributed by atoms with E-state index in [0.29, 0.717) is 6.54 Å². The number of hydrogen-bond donors (Lipinski definition) is 2. The Morgan fingerprint density at radius 3 is 2.54 bits per heavy atom. The molecule has 126 valence electrons. The van der Waals surface area contributed by atoms with Gasteiger partial charge in [-0.3, -0.25) is 9.88 Å². The Bertz CT molecular complexity index is 624. The van der Waals surface area contributed by atoms with Gasteiger partial charge in [0, 0.05) is 44.6 Å². The molecule has 2 amide bonds. The van der Waals surface area contributed by atoms with E-state index >= 15 is 0 Å². The lowest BCUT2D eigenvalue weighted by Crippen LogP contribution is -2.47. The van der Waals surface area contributed by atoms with Crippen LogP contribution in [0, 0.1) is 0 Å². The summed E-state index contributed by atoms with van der Waals surface area (Å²) < 4.78 is 0. The molecule has 0 aliphatic carbocycles. The summed E-state index contributed by atoms with van der Waals surface area (Å²) in [7, 11) is 0. The maximum Gasteiger partial charge on any atom is 0.315 e. The second-order valence-electron chi connectivity index (χ2n) is 6.22. The summed E-state index contributed by atoms with van der Waals surface area (Å²) in [5.74, 6) is 0. The van der Waals surface area contributed by atoms with E-state index in [1.165, 1.54) is 5.56 Å². The van der Waals surface area contributed by atoms with Gasteiger partial charge in [-0.05, 0) is 30.0 Å². The molecule has 5 heteroatoms. The summed E-state index contributed by atoms with van der Waals surface area (Å²) in [5.41, 5.74) is 2.35. The molecule has 5 nitrogen and oxygen atoms in total. The number of hydrogen-bond acceptors (Lipinski definition) is 3. The van der Waals surface area contributed by atoms with Crippen molar-refractivity contribution < 1.29 is 4.79 Å². The molecule has 1 aliphatic heterocycles. The molecule has 0 bridgehead atoms. The highest BCUT2D eigenvalue weighted by Crippen LogP contribution is 2.13. The number of likely N-dealkylation sites (tertiary alicyclic amines) is 1. The lowest BCUT2D eigenvalue weighted by atomic mass is 10.0. The number of benzene rings is 1. The van der Waals surface area contributed by atoms with Gasteiger partial charge in [0.25, 0.3) is 0 Å². The zero-order valence-electron chi connectivity index (χ0n) is 13.8. The number of amides is 2. The van der Waals surface area contributed by atoms with E-state index < -0.39 is 0 Å². The van der Waals surface area contributed by atoms with Crippen molar-refractivity contribution in [3.05, 3.63) is 66.0 Å². The standard InChI is InChI=1S/C19H24N4O/c24-19(21-14-17-7-4-10-20-13-17)22-18-8-11-23(12-9-18)15-16-5-2-1-3-6-16/h1-7,10,13,18H,8-9,11-12,14-15H2,(H2,21,22,24). The molecule has 1 aromatic carbocycles. The third-order valence-electron chi connectivity index (χ3n) is 4.35. The molecule has 0 spiro atoms. The third kappa shape index (κ3) is 5.06. The Morgan fingerprint density at radius 2 is 1.83 bits per heavy atom. The first-order chi connectivity index (χ1) is 11.8. The van der Waals surface area contributed by atoms with Crippen LogP contribution in [-0.4, -0.2) is 35.0 Å². The smallest absolute Gasteiger partial charge is 0.315 e. The summed E-state index contributed by atoms with van der Waals surface area (Å²) in [6.45, 7) is 3.53. The van der Waals surface area contributed by atoms with Crippen molar-refractivity contribution in [2.24, 2.45) is 0 Å². The molecule has 24 heavy (non-hydrogen) atoms. The monoisotopic (exact) mass is 324 g/mol. The van der Waals surface area contributed by atoms with Crippen LogP contribution in [0.5, 0.6) is 0 Å². The molecule has 0 radical (unpaired) electrons. The van der Waals surface area contributed by atoms with Crippen molar-refractivity contribution in [2.75, 3.05) is 13.1 Å². The molecule has 0 unspecified atom stereocenters. The van der Waals surface area contributed by atoms with Crippen LogP contribution in [0.1, 0.15) is 24.0 Å². The lowest BCUT2D eigenvalue weighted by molar-refractivity contribution is 0.186. The SMILES string of the molecule is O=C(NCc1cccnc1)NC1CCN(Cc2ccccc2)CC1. The zero-order chi connectivity index (χ0) is 16.6. The number of nitrogens with one attached hydrogen (secondary N) is 2. The van der Waals surface area contributed by atoms with E-state index in [4.69, 9.17) is 0 Å². The highest BCUT2D eigenvalue weighted by Gasteiger charge is 2.20. The van der Waals surface area contributed by atoms with Crippen LogP contribution in [0.25, 0.3) is 0 Å². The fraction of sp³-hybridized carbons (Fsp3) is 0.368. The maximum atomic E-state index is 12.0. The van der Waals surface area contributed by atoms with E-state index in [1.54, 1.807) is 12.4 Å². The summed E-state index contributed by atoms with van der Waals surface area (Å²) in [6.07, 6.45) is 5.48. The summed E-state index contributed by atoms with van der Waals surface area (Å²) in [4.78, 5) is 18.5. The molecule has 0 atom stereocenters. The molecule has 2 aromatic rings. The predicted octanol–water partition coefficient (Wildman–Crippen LogP) is 2.55. The Kier molecular flexibility index (Phi) is 5.80. The van der Waals surface area contributed by atoms with Crippen LogP contribution >= 0.6 is 0 Å². The fourth-order valence-electron chi connectivity index (χ4n) is 3.00. The number of nitrogens with zero attached hydrogens (tertiary/aromatic N) is 2. The van der Waals surface area contributed by atoms with Gasteiger partial charge < -0.3 is 10.6 Å². The molecule has 1 aromatic heterocycles. The molecule has 0 saturated carbocycles. The molecule has 1 saturated heterocycles. The van der Waals surface area contributed by atoms with Gasteiger partial charge in [-0.15, -0.1) is 0 Å². The van der Waals surface area contributed by atoms with E-state index in [-0.39, 0.29) is 12.1 Å². The number of urea groups is 1. The average molecular weight is 324 g/mol. The third-order valence-corrected chi connectivity index (χ3v) is 4.35. The normalized spacial score (nSPS) is 15.8. The van der Waals surface area contributed by atoms with Crippen LogP contribution in [-0.2, 0) is 13.1 Å². The van der Waals surface area contributed by atoms with Gasteiger partial charge in [0.05, 0.1) is 0 Å². The number of rotatable bonds is 5. The van der Waals surface area contributed by atoms with Crippen molar-refractivity contribution in [1.29, 1.82) is 0 Å². The van der Waals surface area contributed by atoms with Crippen LogP contribution in [0.2, 0.25) is 0 Å². The fourth-order valence-corrected chi connectivity index (χ4v) is 3.00. The van der Waals surface area contributed by atoms with Crippen molar-refractivity contribution >= 4 is 6.03 Å². The molecule has 1 fully saturated rings.